The minimum Gasteiger partial charge on any atom is -0.373 e. The molecule has 0 radical (unpaired) electrons. The van der Waals surface area contributed by atoms with Crippen molar-refractivity contribution in [2.45, 2.75) is 52.2 Å². The van der Waals surface area contributed by atoms with Crippen LogP contribution in [0.2, 0.25) is 0 Å². The molecule has 1 aliphatic rings. The summed E-state index contributed by atoms with van der Waals surface area (Å²) in [6, 6.07) is 12.5. The van der Waals surface area contributed by atoms with E-state index in [1.165, 1.54) is 5.56 Å². The zero-order chi connectivity index (χ0) is 19.8. The first-order valence-electron chi connectivity index (χ1n) is 10.3. The average Bonchev–Trinajstić information content (AvgIpc) is 3.20. The van der Waals surface area contributed by atoms with E-state index >= 15 is 0 Å². The lowest BCUT2D eigenvalue weighted by molar-refractivity contribution is -0.0265. The molecule has 2 heterocycles. The molecule has 2 N–H and O–H groups in total. The molecule has 2 atom stereocenters. The highest BCUT2D eigenvalue weighted by molar-refractivity contribution is 14.0. The zero-order valence-corrected chi connectivity index (χ0v) is 19.9. The lowest BCUT2D eigenvalue weighted by Gasteiger charge is -2.32. The van der Waals surface area contributed by atoms with Gasteiger partial charge in [0.2, 0.25) is 0 Å². The minimum atomic E-state index is 0. The summed E-state index contributed by atoms with van der Waals surface area (Å²) in [7, 11) is 0. The number of hydrogen-bond donors (Lipinski definition) is 2. The molecule has 1 fully saturated rings. The summed E-state index contributed by atoms with van der Waals surface area (Å²) in [5.41, 5.74) is 2.21. The first-order valence-corrected chi connectivity index (χ1v) is 10.3. The van der Waals surface area contributed by atoms with E-state index in [1.54, 1.807) is 0 Å². The summed E-state index contributed by atoms with van der Waals surface area (Å²) in [4.78, 5) is 4.66. The van der Waals surface area contributed by atoms with Crippen LogP contribution in [0.5, 0.6) is 0 Å². The number of guanidine groups is 1. The van der Waals surface area contributed by atoms with Gasteiger partial charge in [0.25, 0.3) is 0 Å². The van der Waals surface area contributed by atoms with E-state index in [0.717, 1.165) is 50.0 Å². The molecule has 0 amide bonds. The summed E-state index contributed by atoms with van der Waals surface area (Å²) >= 11 is 0. The fourth-order valence-corrected chi connectivity index (χ4v) is 3.47. The summed E-state index contributed by atoms with van der Waals surface area (Å²) in [6.45, 7) is 9.20. The Morgan fingerprint density at radius 3 is 2.72 bits per heavy atom. The van der Waals surface area contributed by atoms with Gasteiger partial charge < -0.3 is 19.9 Å². The molecule has 1 saturated heterocycles. The maximum Gasteiger partial charge on any atom is 0.191 e. The number of halogens is 1. The van der Waals surface area contributed by atoms with E-state index in [-0.39, 0.29) is 30.1 Å². The van der Waals surface area contributed by atoms with Gasteiger partial charge in [-0.15, -0.1) is 24.0 Å². The predicted octanol–water partition coefficient (Wildman–Crippen LogP) is 4.64. The number of nitrogens with one attached hydrogen (secondary N) is 2. The highest BCUT2D eigenvalue weighted by Gasteiger charge is 2.27. The third-order valence-electron chi connectivity index (χ3n) is 5.01. The number of benzene rings is 1. The number of ether oxygens (including phenoxy) is 1. The van der Waals surface area contributed by atoms with E-state index < -0.39 is 0 Å². The van der Waals surface area contributed by atoms with Crippen molar-refractivity contribution >= 4 is 29.9 Å². The van der Waals surface area contributed by atoms with Crippen molar-refractivity contribution in [1.82, 2.24) is 15.8 Å². The molecular weight excluding hydrogens is 479 g/mol. The van der Waals surface area contributed by atoms with Gasteiger partial charge in [-0.05, 0) is 31.2 Å². The van der Waals surface area contributed by atoms with E-state index in [9.17, 15) is 0 Å². The molecule has 2 unspecified atom stereocenters. The Hall–Kier alpha value is -1.61. The summed E-state index contributed by atoms with van der Waals surface area (Å²) in [6.07, 6.45) is 2.37. The van der Waals surface area contributed by atoms with Gasteiger partial charge in [0.1, 0.15) is 6.54 Å². The largest absolute Gasteiger partial charge is 0.373 e. The molecule has 3 rings (SSSR count). The second-order valence-electron chi connectivity index (χ2n) is 7.55. The van der Waals surface area contributed by atoms with Gasteiger partial charge in [-0.25, -0.2) is 4.99 Å². The number of aromatic nitrogens is 1. The lowest BCUT2D eigenvalue weighted by atomic mass is 9.89. The van der Waals surface area contributed by atoms with Crippen LogP contribution >= 0.6 is 24.0 Å². The fraction of sp³-hybridized carbons (Fsp3) is 0.545. The van der Waals surface area contributed by atoms with Crippen LogP contribution in [-0.4, -0.2) is 30.8 Å². The van der Waals surface area contributed by atoms with Crippen LogP contribution in [0.25, 0.3) is 0 Å². The molecule has 0 bridgehead atoms. The summed E-state index contributed by atoms with van der Waals surface area (Å²) in [5, 5.41) is 10.9. The third-order valence-corrected chi connectivity index (χ3v) is 5.01. The van der Waals surface area contributed by atoms with Crippen LogP contribution in [-0.2, 0) is 11.3 Å². The molecule has 160 valence electrons. The monoisotopic (exact) mass is 512 g/mol. The number of rotatable bonds is 7. The quantitative estimate of drug-likeness (QED) is 0.322. The van der Waals surface area contributed by atoms with Crippen molar-refractivity contribution in [3.05, 3.63) is 53.4 Å². The van der Waals surface area contributed by atoms with Gasteiger partial charge in [-0.2, -0.15) is 0 Å². The Balaban J connectivity index is 0.00000300. The average molecular weight is 512 g/mol. The smallest absolute Gasteiger partial charge is 0.191 e. The molecule has 6 nitrogen and oxygen atoms in total. The molecule has 1 aromatic carbocycles. The Morgan fingerprint density at radius 1 is 1.24 bits per heavy atom. The van der Waals surface area contributed by atoms with Gasteiger partial charge in [-0.1, -0.05) is 49.3 Å². The lowest BCUT2D eigenvalue weighted by Crippen LogP contribution is -2.42. The van der Waals surface area contributed by atoms with Crippen molar-refractivity contribution < 1.29 is 9.26 Å². The first kappa shape index (κ1) is 23.7. The Morgan fingerprint density at radius 2 is 2.03 bits per heavy atom. The van der Waals surface area contributed by atoms with Gasteiger partial charge in [-0.3, -0.25) is 0 Å². The van der Waals surface area contributed by atoms with Crippen LogP contribution < -0.4 is 10.6 Å². The van der Waals surface area contributed by atoms with Crippen molar-refractivity contribution in [2.75, 3.05) is 19.7 Å². The van der Waals surface area contributed by atoms with Crippen molar-refractivity contribution in [2.24, 2.45) is 10.9 Å². The second kappa shape index (κ2) is 12.2. The highest BCUT2D eigenvalue weighted by atomic mass is 127. The zero-order valence-electron chi connectivity index (χ0n) is 17.6. The van der Waals surface area contributed by atoms with E-state index in [1.807, 2.05) is 12.1 Å². The van der Waals surface area contributed by atoms with E-state index in [4.69, 9.17) is 9.26 Å². The molecular formula is C22H33IN4O2. The van der Waals surface area contributed by atoms with Crippen LogP contribution in [0.4, 0.5) is 0 Å². The van der Waals surface area contributed by atoms with Crippen LogP contribution in [0.3, 0.4) is 0 Å². The van der Waals surface area contributed by atoms with Crippen molar-refractivity contribution in [3.8, 4) is 0 Å². The van der Waals surface area contributed by atoms with Crippen LogP contribution in [0, 0.1) is 5.92 Å². The molecule has 2 aromatic rings. The van der Waals surface area contributed by atoms with Crippen molar-refractivity contribution in [1.29, 1.82) is 0 Å². The molecule has 29 heavy (non-hydrogen) atoms. The van der Waals surface area contributed by atoms with Crippen LogP contribution in [0.15, 0.2) is 45.9 Å². The summed E-state index contributed by atoms with van der Waals surface area (Å²) < 4.78 is 11.5. The minimum absolute atomic E-state index is 0. The fourth-order valence-electron chi connectivity index (χ4n) is 3.47. The SMILES string of the molecule is CCNC(=NCc1cc(C(C)C)no1)NCC1CCCOC1c1ccccc1.I. The maximum atomic E-state index is 6.10. The Kier molecular flexibility index (Phi) is 9.93. The highest BCUT2D eigenvalue weighted by Crippen LogP contribution is 2.33. The van der Waals surface area contributed by atoms with Gasteiger partial charge in [0, 0.05) is 31.7 Å². The number of aliphatic imine (C=N–C) groups is 1. The first-order chi connectivity index (χ1) is 13.7. The molecule has 0 aliphatic carbocycles. The Bertz CT molecular complexity index is 748. The molecule has 1 aliphatic heterocycles. The standard InChI is InChI=1S/C22H32N4O2.HI/c1-4-23-22(25-15-19-13-20(16(2)3)26-28-19)24-14-18-11-8-12-27-21(18)17-9-6-5-7-10-17;/h5-7,9-10,13,16,18,21H,4,8,11-12,14-15H2,1-3H3,(H2,23,24,25);1H. The maximum absolute atomic E-state index is 6.10. The van der Waals surface area contributed by atoms with Gasteiger partial charge >= 0.3 is 0 Å². The topological polar surface area (TPSA) is 71.7 Å². The number of hydrogen-bond acceptors (Lipinski definition) is 4. The van der Waals surface area contributed by atoms with E-state index in [0.29, 0.717) is 18.4 Å². The van der Waals surface area contributed by atoms with Crippen LogP contribution in [0.1, 0.15) is 62.7 Å². The van der Waals surface area contributed by atoms with Gasteiger partial charge in [0.15, 0.2) is 11.7 Å². The normalized spacial score (nSPS) is 19.7. The van der Waals surface area contributed by atoms with Crippen molar-refractivity contribution in [3.63, 3.8) is 0 Å². The Labute approximate surface area is 190 Å². The summed E-state index contributed by atoms with van der Waals surface area (Å²) in [5.74, 6) is 2.35. The molecule has 0 saturated carbocycles. The third kappa shape index (κ3) is 6.99. The molecule has 1 aromatic heterocycles. The van der Waals surface area contributed by atoms with E-state index in [2.05, 4.69) is 65.8 Å². The predicted molar refractivity (Wildman–Crippen MR) is 127 cm³/mol. The number of nitrogens with zero attached hydrogens (tertiary/aromatic N) is 2. The molecule has 7 heteroatoms. The van der Waals surface area contributed by atoms with Gasteiger partial charge in [0.05, 0.1) is 11.8 Å². The molecule has 0 spiro atoms. The second-order valence-corrected chi connectivity index (χ2v) is 7.55.